The maximum Gasteiger partial charge on any atom is 0.259 e. The average molecular weight is 388 g/mol. The predicted molar refractivity (Wildman–Crippen MR) is 115 cm³/mol. The Morgan fingerprint density at radius 1 is 1.07 bits per heavy atom. The molecule has 2 aromatic carbocycles. The monoisotopic (exact) mass is 388 g/mol. The van der Waals surface area contributed by atoms with Crippen LogP contribution in [0.3, 0.4) is 0 Å². The first-order valence-electron chi connectivity index (χ1n) is 9.98. The van der Waals surface area contributed by atoms with Crippen LogP contribution in [0.25, 0.3) is 22.2 Å². The van der Waals surface area contributed by atoms with Crippen molar-refractivity contribution in [2.45, 2.75) is 25.7 Å². The van der Waals surface area contributed by atoms with Crippen LogP contribution in [0.4, 0.5) is 0 Å². The summed E-state index contributed by atoms with van der Waals surface area (Å²) >= 11 is 0. The van der Waals surface area contributed by atoms with E-state index >= 15 is 0 Å². The second kappa shape index (κ2) is 8.73. The van der Waals surface area contributed by atoms with Gasteiger partial charge in [-0.05, 0) is 24.5 Å². The van der Waals surface area contributed by atoms with Crippen molar-refractivity contribution in [1.29, 1.82) is 0 Å². The number of nitrogens with zero attached hydrogens (tertiary/aromatic N) is 2. The quantitative estimate of drug-likeness (QED) is 0.517. The second-order valence-corrected chi connectivity index (χ2v) is 7.24. The number of likely N-dealkylation sites (tertiary alicyclic amines) is 1. The molecule has 29 heavy (non-hydrogen) atoms. The molecule has 2 N–H and O–H groups in total. The Balaban J connectivity index is 1.52. The normalized spacial score (nSPS) is 15.0. The van der Waals surface area contributed by atoms with Crippen molar-refractivity contribution < 1.29 is 9.59 Å². The van der Waals surface area contributed by atoms with Crippen molar-refractivity contribution >= 4 is 28.9 Å². The van der Waals surface area contributed by atoms with Crippen molar-refractivity contribution in [2.24, 2.45) is 5.10 Å². The summed E-state index contributed by atoms with van der Waals surface area (Å²) in [5.41, 5.74) is 6.50. The maximum atomic E-state index is 12.3. The lowest BCUT2D eigenvalue weighted by Crippen LogP contribution is -2.39. The fourth-order valence-corrected chi connectivity index (χ4v) is 3.71. The number of hydrogen-bond donors (Lipinski definition) is 2. The number of fused-ring (bicyclic) bond motifs is 1. The molecule has 3 aromatic rings. The Bertz CT molecular complexity index is 1040. The number of aromatic amines is 1. The smallest absolute Gasteiger partial charge is 0.259 e. The number of rotatable bonds is 5. The molecule has 148 valence electrons. The molecule has 0 atom stereocenters. The molecule has 1 aliphatic rings. The number of nitrogens with one attached hydrogen (secondary N) is 2. The zero-order valence-electron chi connectivity index (χ0n) is 16.2. The lowest BCUT2D eigenvalue weighted by atomic mass is 10.1. The van der Waals surface area contributed by atoms with Crippen molar-refractivity contribution in [3.8, 4) is 11.3 Å². The number of para-hydroxylation sites is 1. The third kappa shape index (κ3) is 4.37. The molecule has 6 nitrogen and oxygen atoms in total. The number of hydrazone groups is 1. The molecule has 1 fully saturated rings. The molecule has 0 radical (unpaired) electrons. The van der Waals surface area contributed by atoms with Crippen molar-refractivity contribution in [2.75, 3.05) is 13.1 Å². The van der Waals surface area contributed by atoms with E-state index in [9.17, 15) is 9.59 Å². The molecule has 0 bridgehead atoms. The van der Waals surface area contributed by atoms with Gasteiger partial charge in [-0.25, -0.2) is 5.43 Å². The van der Waals surface area contributed by atoms with E-state index in [1.165, 1.54) is 0 Å². The van der Waals surface area contributed by atoms with Gasteiger partial charge in [0, 0.05) is 29.4 Å². The highest BCUT2D eigenvalue weighted by Gasteiger charge is 2.19. The molecule has 0 unspecified atom stereocenters. The minimum absolute atomic E-state index is 0.0459. The number of carbonyl (C=O) groups excluding carboxylic acids is 2. The second-order valence-electron chi connectivity index (χ2n) is 7.24. The van der Waals surface area contributed by atoms with Crippen LogP contribution in [0.5, 0.6) is 0 Å². The number of benzene rings is 2. The van der Waals surface area contributed by atoms with Crippen LogP contribution in [0.15, 0.2) is 59.7 Å². The molecule has 0 saturated carbocycles. The van der Waals surface area contributed by atoms with Gasteiger partial charge in [0.25, 0.3) is 5.91 Å². The molecule has 0 aliphatic carbocycles. The van der Waals surface area contributed by atoms with Gasteiger partial charge in [0.05, 0.1) is 11.9 Å². The van der Waals surface area contributed by atoms with Crippen molar-refractivity contribution in [3.63, 3.8) is 0 Å². The zero-order chi connectivity index (χ0) is 20.1. The molecule has 1 aliphatic heterocycles. The van der Waals surface area contributed by atoms with E-state index in [-0.39, 0.29) is 18.4 Å². The third-order valence-electron chi connectivity index (χ3n) is 5.20. The van der Waals surface area contributed by atoms with Crippen LogP contribution in [-0.4, -0.2) is 41.0 Å². The average Bonchev–Trinajstić information content (AvgIpc) is 2.99. The standard InChI is InChI=1S/C23H24N4O2/c28-21(16-27-14-8-2-5-13-22(27)29)26-24-15-19-18-11-6-7-12-20(18)25-23(19)17-9-3-1-4-10-17/h1,3-4,6-7,9-12,15,25H,2,5,8,13-14,16H2,(H,26,28)/b24-15+. The number of hydrogen-bond acceptors (Lipinski definition) is 3. The molecular weight excluding hydrogens is 364 g/mol. The van der Waals surface area contributed by atoms with E-state index in [4.69, 9.17) is 0 Å². The molecule has 1 saturated heterocycles. The first-order chi connectivity index (χ1) is 14.2. The molecule has 4 rings (SSSR count). The summed E-state index contributed by atoms with van der Waals surface area (Å²) in [4.78, 5) is 29.4. The first-order valence-corrected chi connectivity index (χ1v) is 9.98. The Hall–Kier alpha value is -3.41. The number of aromatic nitrogens is 1. The Morgan fingerprint density at radius 2 is 1.86 bits per heavy atom. The Labute approximate surface area is 169 Å². The van der Waals surface area contributed by atoms with Crippen molar-refractivity contribution in [3.05, 3.63) is 60.2 Å². The van der Waals surface area contributed by atoms with Gasteiger partial charge in [-0.2, -0.15) is 5.10 Å². The Kier molecular flexibility index (Phi) is 5.70. The van der Waals surface area contributed by atoms with Gasteiger partial charge in [0.1, 0.15) is 6.54 Å². The summed E-state index contributed by atoms with van der Waals surface area (Å²) in [5, 5.41) is 5.22. The molecule has 1 aromatic heterocycles. The fourth-order valence-electron chi connectivity index (χ4n) is 3.71. The van der Waals surface area contributed by atoms with Gasteiger partial charge in [-0.1, -0.05) is 55.0 Å². The largest absolute Gasteiger partial charge is 0.354 e. The lowest BCUT2D eigenvalue weighted by Gasteiger charge is -2.18. The Morgan fingerprint density at radius 3 is 2.72 bits per heavy atom. The fraction of sp³-hybridized carbons (Fsp3) is 0.261. The highest BCUT2D eigenvalue weighted by Crippen LogP contribution is 2.28. The number of carbonyl (C=O) groups is 2. The van der Waals surface area contributed by atoms with Crippen LogP contribution in [-0.2, 0) is 9.59 Å². The van der Waals surface area contributed by atoms with E-state index in [0.29, 0.717) is 13.0 Å². The minimum Gasteiger partial charge on any atom is -0.354 e. The third-order valence-corrected chi connectivity index (χ3v) is 5.20. The SMILES string of the molecule is O=C(CN1CCCCCC1=O)N/N=C/c1c(-c2ccccc2)[nH]c2ccccc12. The van der Waals surface area contributed by atoms with Crippen LogP contribution in [0.2, 0.25) is 0 Å². The summed E-state index contributed by atoms with van der Waals surface area (Å²) in [6, 6.07) is 18.0. The predicted octanol–water partition coefficient (Wildman–Crippen LogP) is 3.69. The van der Waals surface area contributed by atoms with E-state index in [0.717, 1.165) is 47.0 Å². The zero-order valence-corrected chi connectivity index (χ0v) is 16.2. The highest BCUT2D eigenvalue weighted by molar-refractivity contribution is 6.06. The summed E-state index contributed by atoms with van der Waals surface area (Å²) in [6.07, 6.45) is 5.07. The van der Waals surface area contributed by atoms with E-state index < -0.39 is 0 Å². The van der Waals surface area contributed by atoms with E-state index in [2.05, 4.69) is 15.5 Å². The molecular formula is C23H24N4O2. The molecule has 6 heteroatoms. The van der Waals surface area contributed by atoms with Crippen LogP contribution in [0.1, 0.15) is 31.2 Å². The molecule has 0 spiro atoms. The van der Waals surface area contributed by atoms with Gasteiger partial charge in [0.2, 0.25) is 5.91 Å². The summed E-state index contributed by atoms with van der Waals surface area (Å²) in [5.74, 6) is -0.234. The molecule has 2 amide bonds. The summed E-state index contributed by atoms with van der Waals surface area (Å²) in [7, 11) is 0. The summed E-state index contributed by atoms with van der Waals surface area (Å²) in [6.45, 7) is 0.687. The van der Waals surface area contributed by atoms with Gasteiger partial charge < -0.3 is 9.88 Å². The van der Waals surface area contributed by atoms with Crippen molar-refractivity contribution in [1.82, 2.24) is 15.3 Å². The maximum absolute atomic E-state index is 12.3. The number of H-pyrrole nitrogens is 1. The van der Waals surface area contributed by atoms with E-state index in [1.54, 1.807) is 11.1 Å². The minimum atomic E-state index is -0.280. The summed E-state index contributed by atoms with van der Waals surface area (Å²) < 4.78 is 0. The van der Waals surface area contributed by atoms with Crippen LogP contribution < -0.4 is 5.43 Å². The van der Waals surface area contributed by atoms with Gasteiger partial charge in [0.15, 0.2) is 0 Å². The highest BCUT2D eigenvalue weighted by atomic mass is 16.2. The molecule has 2 heterocycles. The van der Waals surface area contributed by atoms with Crippen LogP contribution >= 0.6 is 0 Å². The lowest BCUT2D eigenvalue weighted by molar-refractivity contribution is -0.135. The first kappa shape index (κ1) is 18.9. The topological polar surface area (TPSA) is 77.6 Å². The van der Waals surface area contributed by atoms with E-state index in [1.807, 2.05) is 54.6 Å². The van der Waals surface area contributed by atoms with Gasteiger partial charge >= 0.3 is 0 Å². The van der Waals surface area contributed by atoms with Gasteiger partial charge in [-0.3, -0.25) is 9.59 Å². The van der Waals surface area contributed by atoms with Gasteiger partial charge in [-0.15, -0.1) is 0 Å². The van der Waals surface area contributed by atoms with Crippen LogP contribution in [0, 0.1) is 0 Å². The number of amides is 2.